The number of alkyl carbamates (subject to hydrolysis) is 2. The number of carbonyl (C=O) groups excluding carboxylic acids is 11. The van der Waals surface area contributed by atoms with E-state index in [-0.39, 0.29) is 77.1 Å². The summed E-state index contributed by atoms with van der Waals surface area (Å²) < 4.78 is 10.7. The number of halogens is 1. The second-order valence-electron chi connectivity index (χ2n) is 34.8. The van der Waals surface area contributed by atoms with Gasteiger partial charge in [0.15, 0.2) is 6.10 Å². The predicted octanol–water partition coefficient (Wildman–Crippen LogP) is 4.57. The van der Waals surface area contributed by atoms with E-state index < -0.39 is 143 Å². The zero-order valence-electron chi connectivity index (χ0n) is 65.4. The molecule has 6 aliphatic rings. The maximum absolute atomic E-state index is 14.2. The smallest absolute Gasteiger partial charge is 0.408 e. The lowest BCUT2D eigenvalue weighted by molar-refractivity contribution is -0.152. The molecule has 2 aromatic rings. The van der Waals surface area contributed by atoms with E-state index in [0.29, 0.717) is 43.0 Å². The molecule has 14 atom stereocenters. The lowest BCUT2D eigenvalue weighted by atomic mass is 9.85. The van der Waals surface area contributed by atoms with Gasteiger partial charge in [0.05, 0.1) is 19.1 Å². The van der Waals surface area contributed by atoms with Gasteiger partial charge in [-0.3, -0.25) is 43.2 Å². The van der Waals surface area contributed by atoms with Crippen LogP contribution in [-0.2, 0) is 57.4 Å². The van der Waals surface area contributed by atoms with E-state index >= 15 is 0 Å². The molecule has 2 heterocycles. The number of likely N-dealkylation sites (N-methyl/N-ethyl adjacent to an activating group) is 2. The summed E-state index contributed by atoms with van der Waals surface area (Å²) in [7, 11) is 6.35. The molecule has 29 nitrogen and oxygen atoms in total. The maximum atomic E-state index is 14.2. The van der Waals surface area contributed by atoms with Gasteiger partial charge < -0.3 is 87.3 Å². The van der Waals surface area contributed by atoms with Crippen molar-refractivity contribution < 1.29 is 82.3 Å². The number of aliphatic carboxylic acids is 1. The van der Waals surface area contributed by atoms with Crippen LogP contribution in [0.25, 0.3) is 0 Å². The van der Waals surface area contributed by atoms with Crippen molar-refractivity contribution in [1.82, 2.24) is 56.8 Å². The van der Waals surface area contributed by atoms with Crippen LogP contribution in [0.3, 0.4) is 0 Å². The zero-order valence-corrected chi connectivity index (χ0v) is 66.2. The second kappa shape index (κ2) is 35.3. The van der Waals surface area contributed by atoms with Gasteiger partial charge in [-0.25, -0.2) is 14.4 Å². The van der Waals surface area contributed by atoms with E-state index in [1.165, 1.54) is 19.6 Å². The van der Waals surface area contributed by atoms with Crippen molar-refractivity contribution in [2.75, 3.05) is 54.4 Å². The monoisotopic (exact) mass is 1510 g/mol. The third-order valence-electron chi connectivity index (χ3n) is 20.4. The van der Waals surface area contributed by atoms with Gasteiger partial charge in [-0.1, -0.05) is 156 Å². The Labute approximate surface area is 630 Å². The van der Waals surface area contributed by atoms with Crippen molar-refractivity contribution in [1.29, 1.82) is 0 Å². The molecule has 106 heavy (non-hydrogen) atoms. The molecule has 8 rings (SSSR count). The molecule has 11 amide bonds. The Morgan fingerprint density at radius 2 is 0.877 bits per heavy atom. The van der Waals surface area contributed by atoms with Crippen molar-refractivity contribution >= 4 is 83.7 Å². The molecule has 0 bridgehead atoms. The van der Waals surface area contributed by atoms with Crippen molar-refractivity contribution in [3.63, 3.8) is 0 Å². The number of aliphatic hydroxyl groups excluding tert-OH is 2. The summed E-state index contributed by atoms with van der Waals surface area (Å²) in [5.74, 6) is -4.85. The van der Waals surface area contributed by atoms with Gasteiger partial charge in [-0.2, -0.15) is 0 Å². The van der Waals surface area contributed by atoms with E-state index in [9.17, 15) is 72.9 Å². The Kier molecular flexibility index (Phi) is 29.4. The largest absolute Gasteiger partial charge is 0.480 e. The summed E-state index contributed by atoms with van der Waals surface area (Å²) in [6.07, 6.45) is 0.398. The van der Waals surface area contributed by atoms with Gasteiger partial charge >= 0.3 is 18.2 Å². The number of carboxylic acids is 1. The molecule has 2 aliphatic heterocycles. The Bertz CT molecular complexity index is 3470. The van der Waals surface area contributed by atoms with Gasteiger partial charge in [-0.05, 0) is 117 Å². The second-order valence-corrected chi connectivity index (χ2v) is 34.8. The van der Waals surface area contributed by atoms with E-state index in [1.54, 1.807) is 124 Å². The first-order valence-electron chi connectivity index (χ1n) is 36.3. The average Bonchev–Trinajstić information content (AvgIpc) is 1.53. The van der Waals surface area contributed by atoms with E-state index in [4.69, 9.17) is 15.2 Å². The quantitative estimate of drug-likeness (QED) is 0.0648. The molecular weight excluding hydrogens is 1390 g/mol. The molecule has 0 aromatic heterocycles. The van der Waals surface area contributed by atoms with Crippen molar-refractivity contribution in [2.45, 2.75) is 221 Å². The Balaban J connectivity index is 0.000000314. The first-order valence-corrected chi connectivity index (χ1v) is 36.3. The number of rotatable bonds is 25. The fourth-order valence-electron chi connectivity index (χ4n) is 13.9. The number of carbonyl (C=O) groups is 12. The van der Waals surface area contributed by atoms with Gasteiger partial charge in [0.1, 0.15) is 53.6 Å². The maximum Gasteiger partial charge on any atom is 0.408 e. The number of fused-ring (bicyclic) bond motifs is 2. The lowest BCUT2D eigenvalue weighted by Gasteiger charge is -2.38. The average molecular weight is 1510 g/mol. The van der Waals surface area contributed by atoms with Gasteiger partial charge in [0.2, 0.25) is 41.4 Å². The topological polar surface area (TPSA) is 407 Å². The molecule has 2 saturated heterocycles. The van der Waals surface area contributed by atoms with Crippen molar-refractivity contribution in [3.8, 4) is 0 Å². The van der Waals surface area contributed by atoms with Gasteiger partial charge in [0, 0.05) is 53.2 Å². The number of hydrogen-bond donors (Lipinski definition) is 11. The lowest BCUT2D eigenvalue weighted by Crippen LogP contribution is -2.61. The summed E-state index contributed by atoms with van der Waals surface area (Å²) in [4.78, 5) is 160. The Morgan fingerprint density at radius 1 is 0.528 bits per heavy atom. The number of nitrogens with zero attached hydrogens (tertiary/aromatic N) is 4. The highest BCUT2D eigenvalue weighted by molar-refractivity contribution is 5.96. The minimum absolute atomic E-state index is 0. The van der Waals surface area contributed by atoms with E-state index in [1.807, 2.05) is 75.3 Å². The Hall–Kier alpha value is -8.15. The number of hydrogen-bond acceptors (Lipinski definition) is 17. The van der Waals surface area contributed by atoms with Crippen LogP contribution in [0.2, 0.25) is 0 Å². The number of ether oxygens (including phenoxy) is 2. The minimum atomic E-state index is -1.68. The number of piperidine rings is 2. The van der Waals surface area contributed by atoms with Crippen LogP contribution in [0.5, 0.6) is 0 Å². The highest BCUT2D eigenvalue weighted by Crippen LogP contribution is 2.66. The molecule has 6 unspecified atom stereocenters. The first-order chi connectivity index (χ1) is 48.4. The summed E-state index contributed by atoms with van der Waals surface area (Å²) in [5, 5.41) is 49.3. The Morgan fingerprint density at radius 3 is 1.22 bits per heavy atom. The summed E-state index contributed by atoms with van der Waals surface area (Å²) in [5.41, 5.74) is 4.02. The van der Waals surface area contributed by atoms with Gasteiger partial charge in [-0.15, -0.1) is 12.4 Å². The number of likely N-dealkylation sites (tertiary alicyclic amines) is 2. The summed E-state index contributed by atoms with van der Waals surface area (Å²) >= 11 is 0. The molecule has 0 spiro atoms. The van der Waals surface area contributed by atoms with Gasteiger partial charge in [0.25, 0.3) is 11.8 Å². The van der Waals surface area contributed by atoms with Crippen LogP contribution >= 0.6 is 12.4 Å². The molecule has 30 heteroatoms. The van der Waals surface area contributed by atoms with Crippen LogP contribution in [-0.4, -0.2) is 220 Å². The number of nitrogens with two attached hydrogens (primary N) is 1. The van der Waals surface area contributed by atoms with Crippen LogP contribution in [0.4, 0.5) is 9.59 Å². The molecule has 4 saturated carbocycles. The van der Waals surface area contributed by atoms with Crippen LogP contribution in [0.15, 0.2) is 60.7 Å². The fourth-order valence-corrected chi connectivity index (χ4v) is 13.9. The minimum Gasteiger partial charge on any atom is -0.480 e. The van der Waals surface area contributed by atoms with Crippen LogP contribution in [0, 0.1) is 57.2 Å². The highest BCUT2D eigenvalue weighted by Gasteiger charge is 2.71. The number of benzene rings is 2. The number of amides is 11. The van der Waals surface area contributed by atoms with Crippen molar-refractivity contribution in [3.05, 3.63) is 71.8 Å². The summed E-state index contributed by atoms with van der Waals surface area (Å²) in [6.45, 7) is 29.5. The number of carboxylic acid groups (broad SMARTS) is 1. The van der Waals surface area contributed by atoms with Crippen LogP contribution < -0.4 is 43.0 Å². The molecule has 6 fully saturated rings. The standard InChI is InChI=1S/C38H58N6O8.C19H28N4O4.C19H32N2O5.ClH/c1-36(2,3)30(42-35(51)52-37(4,5)6)34(50)44-20-23-26(38(23,7)8)28(44)31(47)40-24(18-21-16-17-21)29(46)32(48)39-19-25(45)41-27(33(49)43(9)10)22-14-12-11-13-15-22;1-23(2)19(27)16(13-6-4-3-5-7-13)22-15(24)11-21-18(26)17(25)14(20)10-12-8-9-12;1-17(2,3)13(20-16(25)26-18(4,5)6)14(22)21-9-10-11(19(10,7)8)12(21)15(23)24;/h11-15,21,23-24,26-30,46H,16-20H2,1-10H3,(H,39,48)(H,40,47)(H,41,45)(H,42,51);3-7,12,14,16-17,25H,8-11,20H2,1-2H3,(H,21,26)(H,22,24);10-13H,9H2,1-8H3,(H,20,25)(H,23,24);1H/t23?,24?,26-,27-,28-,29?,30+;14?,16-,17?;10?,11-,12-,13+;/m000./s1. The van der Waals surface area contributed by atoms with Crippen LogP contribution in [0.1, 0.15) is 173 Å². The molecular formula is C76H119ClN12O17. The van der Waals surface area contributed by atoms with Crippen molar-refractivity contribution in [2.24, 2.45) is 62.9 Å². The third-order valence-corrected chi connectivity index (χ3v) is 20.4. The number of nitrogens with one attached hydrogen (secondary N) is 7. The first kappa shape index (κ1) is 88.5. The zero-order chi connectivity index (χ0) is 79.1. The predicted molar refractivity (Wildman–Crippen MR) is 397 cm³/mol. The highest BCUT2D eigenvalue weighted by atomic mass is 35.5. The summed E-state index contributed by atoms with van der Waals surface area (Å²) in [6, 6.07) is 10.5. The molecule has 4 aliphatic carbocycles. The molecule has 12 N–H and O–H groups in total. The van der Waals surface area contributed by atoms with E-state index in [2.05, 4.69) is 37.2 Å². The number of aliphatic hydroxyl groups is 2. The normalized spacial score (nSPS) is 22.4. The molecule has 0 radical (unpaired) electrons. The molecule has 592 valence electrons. The SMILES string of the molecule is CC(C)(C)OC(=O)N[C@H](C(=O)N1CC2[C@@H]([C@H]1C(=O)O)C2(C)C)C(C)(C)C.CN(C)C(=O)[C@@H](NC(=O)CNC(=O)C(O)C(CC1CC1)NC(=O)[C@@H]1[C@@H]2C(CN1C(=O)[C@@H](NC(=O)OC(C)(C)C)C(C)(C)C)C2(C)C)c1ccccc1.CN(C)C(=O)[C@@H](NC(=O)CNC(=O)C(O)C(N)CC1CC1)c1ccccc1.Cl. The fraction of sp³-hybridized carbons (Fsp3) is 0.684. The molecule has 2 aromatic carbocycles. The third kappa shape index (κ3) is 23.9. The van der Waals surface area contributed by atoms with E-state index in [0.717, 1.165) is 25.7 Å².